The molecular weight excluding hydrogens is 182 g/mol. The molecule has 74 valence electrons. The van der Waals surface area contributed by atoms with Crippen LogP contribution in [0.3, 0.4) is 0 Å². The van der Waals surface area contributed by atoms with Crippen molar-refractivity contribution in [1.82, 2.24) is 0 Å². The summed E-state index contributed by atoms with van der Waals surface area (Å²) in [5.74, 6) is -0.465. The summed E-state index contributed by atoms with van der Waals surface area (Å²) < 4.78 is 4.84. The smallest absolute Gasteiger partial charge is 0.308 e. The molecule has 14 heavy (non-hydrogen) atoms. The van der Waals surface area contributed by atoms with Gasteiger partial charge in [0.25, 0.3) is 0 Å². The summed E-state index contributed by atoms with van der Waals surface area (Å²) in [5.41, 5.74) is 6.24. The maximum Gasteiger partial charge on any atom is 0.308 e. The van der Waals surface area contributed by atoms with E-state index < -0.39 is 11.9 Å². The van der Waals surface area contributed by atoms with Crippen LogP contribution in [0.1, 0.15) is 22.8 Å². The minimum Gasteiger partial charge on any atom is -0.427 e. The molecule has 0 aliphatic rings. The van der Waals surface area contributed by atoms with Gasteiger partial charge in [0, 0.05) is 12.5 Å². The highest BCUT2D eigenvalue weighted by Crippen LogP contribution is 2.16. The van der Waals surface area contributed by atoms with E-state index in [0.29, 0.717) is 16.9 Å². The molecule has 1 aromatic carbocycles. The molecule has 1 amide bonds. The third-order valence-electron chi connectivity index (χ3n) is 1.72. The van der Waals surface area contributed by atoms with Gasteiger partial charge in [0.1, 0.15) is 5.75 Å². The van der Waals surface area contributed by atoms with Crippen molar-refractivity contribution < 1.29 is 14.3 Å². The normalized spacial score (nSPS) is 9.57. The lowest BCUT2D eigenvalue weighted by atomic mass is 10.1. The number of carbonyl (C=O) groups is 2. The molecule has 0 fully saturated rings. The zero-order valence-electron chi connectivity index (χ0n) is 8.03. The molecule has 4 heteroatoms. The zero-order chi connectivity index (χ0) is 10.7. The molecular formula is C10H11NO3. The van der Waals surface area contributed by atoms with E-state index >= 15 is 0 Å². The minimum absolute atomic E-state index is 0.392. The second-order valence-electron chi connectivity index (χ2n) is 2.93. The summed E-state index contributed by atoms with van der Waals surface area (Å²) >= 11 is 0. The van der Waals surface area contributed by atoms with Gasteiger partial charge in [-0.25, -0.2) is 0 Å². The highest BCUT2D eigenvalue weighted by atomic mass is 16.5. The fourth-order valence-corrected chi connectivity index (χ4v) is 1.14. The van der Waals surface area contributed by atoms with Gasteiger partial charge in [0.15, 0.2) is 0 Å². The van der Waals surface area contributed by atoms with Crippen LogP contribution in [0.4, 0.5) is 0 Å². The van der Waals surface area contributed by atoms with Gasteiger partial charge in [-0.05, 0) is 30.7 Å². The van der Waals surface area contributed by atoms with Gasteiger partial charge < -0.3 is 10.5 Å². The first kappa shape index (κ1) is 10.2. The molecule has 0 aliphatic carbocycles. The van der Waals surface area contributed by atoms with E-state index in [0.717, 1.165) is 0 Å². The second kappa shape index (κ2) is 3.91. The van der Waals surface area contributed by atoms with Crippen LogP contribution in [-0.4, -0.2) is 11.9 Å². The first-order valence-electron chi connectivity index (χ1n) is 4.09. The summed E-state index contributed by atoms with van der Waals surface area (Å²) in [6.45, 7) is 3.05. The van der Waals surface area contributed by atoms with Crippen molar-refractivity contribution in [3.8, 4) is 5.75 Å². The predicted molar refractivity (Wildman–Crippen MR) is 51.0 cm³/mol. The molecule has 0 saturated heterocycles. The number of benzene rings is 1. The molecule has 1 aromatic rings. The average Bonchev–Trinajstić information content (AvgIpc) is 2.01. The maximum absolute atomic E-state index is 10.9. The summed E-state index contributed by atoms with van der Waals surface area (Å²) in [7, 11) is 0. The SMILES string of the molecule is CC(=O)Oc1ccc(C(N)=O)c(C)c1. The van der Waals surface area contributed by atoms with Gasteiger partial charge in [0.2, 0.25) is 5.91 Å². The van der Waals surface area contributed by atoms with Gasteiger partial charge in [-0.3, -0.25) is 9.59 Å². The Hall–Kier alpha value is -1.84. The van der Waals surface area contributed by atoms with Gasteiger partial charge in [-0.1, -0.05) is 0 Å². The van der Waals surface area contributed by atoms with Crippen LogP contribution >= 0.6 is 0 Å². The number of rotatable bonds is 2. The van der Waals surface area contributed by atoms with Crippen molar-refractivity contribution in [3.63, 3.8) is 0 Å². The van der Waals surface area contributed by atoms with Crippen molar-refractivity contribution in [2.45, 2.75) is 13.8 Å². The lowest BCUT2D eigenvalue weighted by Gasteiger charge is -2.04. The molecule has 0 spiro atoms. The van der Waals surface area contributed by atoms with Crippen LogP contribution in [-0.2, 0) is 4.79 Å². The van der Waals surface area contributed by atoms with E-state index in [1.807, 2.05) is 0 Å². The Bertz CT molecular complexity index is 385. The van der Waals surface area contributed by atoms with Crippen LogP contribution in [0, 0.1) is 6.92 Å². The number of nitrogens with two attached hydrogens (primary N) is 1. The first-order chi connectivity index (χ1) is 6.50. The van der Waals surface area contributed by atoms with Crippen molar-refractivity contribution in [3.05, 3.63) is 29.3 Å². The molecule has 0 radical (unpaired) electrons. The van der Waals surface area contributed by atoms with E-state index in [2.05, 4.69) is 0 Å². The van der Waals surface area contributed by atoms with Gasteiger partial charge in [0.05, 0.1) is 0 Å². The van der Waals surface area contributed by atoms with Crippen LogP contribution < -0.4 is 10.5 Å². The van der Waals surface area contributed by atoms with Crippen molar-refractivity contribution in [2.75, 3.05) is 0 Å². The quantitative estimate of drug-likeness (QED) is 0.563. The number of aryl methyl sites for hydroxylation is 1. The third kappa shape index (κ3) is 2.32. The standard InChI is InChI=1S/C10H11NO3/c1-6-5-8(14-7(2)12)3-4-9(6)10(11)13/h3-5H,1-2H3,(H2,11,13). The molecule has 0 bridgehead atoms. The number of carbonyl (C=O) groups excluding carboxylic acids is 2. The van der Waals surface area contributed by atoms with Crippen molar-refractivity contribution >= 4 is 11.9 Å². The molecule has 0 heterocycles. The monoisotopic (exact) mass is 193 g/mol. The van der Waals surface area contributed by atoms with Gasteiger partial charge >= 0.3 is 5.97 Å². The maximum atomic E-state index is 10.9. The highest BCUT2D eigenvalue weighted by Gasteiger charge is 2.06. The molecule has 0 aromatic heterocycles. The van der Waals surface area contributed by atoms with Crippen LogP contribution in [0.2, 0.25) is 0 Å². The second-order valence-corrected chi connectivity index (χ2v) is 2.93. The Balaban J connectivity index is 3.00. The Morgan fingerprint density at radius 2 is 2.00 bits per heavy atom. The third-order valence-corrected chi connectivity index (χ3v) is 1.72. The van der Waals surface area contributed by atoms with E-state index in [-0.39, 0.29) is 0 Å². The number of hydrogen-bond acceptors (Lipinski definition) is 3. The fraction of sp³-hybridized carbons (Fsp3) is 0.200. The number of primary amides is 1. The Labute approximate surface area is 81.7 Å². The van der Waals surface area contributed by atoms with E-state index in [4.69, 9.17) is 10.5 Å². The largest absolute Gasteiger partial charge is 0.427 e. The van der Waals surface area contributed by atoms with Crippen LogP contribution in [0.5, 0.6) is 5.75 Å². The summed E-state index contributed by atoms with van der Waals surface area (Å²) in [6.07, 6.45) is 0. The molecule has 4 nitrogen and oxygen atoms in total. The van der Waals surface area contributed by atoms with E-state index in [9.17, 15) is 9.59 Å². The van der Waals surface area contributed by atoms with Crippen LogP contribution in [0.25, 0.3) is 0 Å². The first-order valence-corrected chi connectivity index (χ1v) is 4.09. The lowest BCUT2D eigenvalue weighted by molar-refractivity contribution is -0.131. The summed E-state index contributed by atoms with van der Waals surface area (Å²) in [4.78, 5) is 21.5. The van der Waals surface area contributed by atoms with Gasteiger partial charge in [-0.2, -0.15) is 0 Å². The average molecular weight is 193 g/mol. The highest BCUT2D eigenvalue weighted by molar-refractivity contribution is 5.94. The summed E-state index contributed by atoms with van der Waals surface area (Å²) in [5, 5.41) is 0. The molecule has 1 rings (SSSR count). The van der Waals surface area contributed by atoms with E-state index in [1.54, 1.807) is 13.0 Å². The molecule has 0 aliphatic heterocycles. The molecule has 0 saturated carbocycles. The number of ether oxygens (including phenoxy) is 1. The number of amides is 1. The molecule has 2 N–H and O–H groups in total. The number of hydrogen-bond donors (Lipinski definition) is 1. The number of esters is 1. The van der Waals surface area contributed by atoms with Crippen LogP contribution in [0.15, 0.2) is 18.2 Å². The Morgan fingerprint density at radius 3 is 2.43 bits per heavy atom. The Kier molecular flexibility index (Phi) is 2.86. The van der Waals surface area contributed by atoms with Crippen molar-refractivity contribution in [1.29, 1.82) is 0 Å². The predicted octanol–water partition coefficient (Wildman–Crippen LogP) is 1.02. The topological polar surface area (TPSA) is 69.4 Å². The zero-order valence-corrected chi connectivity index (χ0v) is 8.03. The Morgan fingerprint density at radius 1 is 1.36 bits per heavy atom. The van der Waals surface area contributed by atoms with E-state index in [1.165, 1.54) is 19.1 Å². The summed E-state index contributed by atoms with van der Waals surface area (Å²) in [6, 6.07) is 4.67. The molecule has 0 atom stereocenters. The fourth-order valence-electron chi connectivity index (χ4n) is 1.14. The molecule has 0 unspecified atom stereocenters. The van der Waals surface area contributed by atoms with Crippen molar-refractivity contribution in [2.24, 2.45) is 5.73 Å². The van der Waals surface area contributed by atoms with Gasteiger partial charge in [-0.15, -0.1) is 0 Å². The minimum atomic E-state index is -0.489. The lowest BCUT2D eigenvalue weighted by Crippen LogP contribution is -2.12.